The summed E-state index contributed by atoms with van der Waals surface area (Å²) >= 11 is 0. The molecule has 0 radical (unpaired) electrons. The molecule has 0 saturated carbocycles. The summed E-state index contributed by atoms with van der Waals surface area (Å²) in [4.78, 5) is 21.0. The van der Waals surface area contributed by atoms with Gasteiger partial charge in [-0.2, -0.15) is 0 Å². The molecule has 138 valence electrons. The lowest BCUT2D eigenvalue weighted by atomic mass is 10.2. The maximum atomic E-state index is 11.9. The summed E-state index contributed by atoms with van der Waals surface area (Å²) in [6.07, 6.45) is 2.52. The van der Waals surface area contributed by atoms with E-state index in [9.17, 15) is 4.79 Å². The third kappa shape index (κ3) is 4.73. The van der Waals surface area contributed by atoms with E-state index in [1.165, 1.54) is 5.69 Å². The predicted molar refractivity (Wildman–Crippen MR) is 106 cm³/mol. The zero-order chi connectivity index (χ0) is 18.4. The van der Waals surface area contributed by atoms with E-state index in [2.05, 4.69) is 56.7 Å². The van der Waals surface area contributed by atoms with E-state index >= 15 is 0 Å². The highest BCUT2D eigenvalue weighted by Gasteiger charge is 2.14. The molecular formula is C20H27N5O. The molecular weight excluding hydrogens is 326 g/mol. The van der Waals surface area contributed by atoms with Crippen molar-refractivity contribution >= 4 is 23.1 Å². The second-order valence-electron chi connectivity index (χ2n) is 6.65. The van der Waals surface area contributed by atoms with Crippen molar-refractivity contribution in [3.63, 3.8) is 0 Å². The molecule has 6 nitrogen and oxygen atoms in total. The molecule has 1 aromatic carbocycles. The number of hydrogen-bond donors (Lipinski definition) is 2. The summed E-state index contributed by atoms with van der Waals surface area (Å²) in [6.45, 7) is 7.03. The molecule has 0 bridgehead atoms. The molecule has 26 heavy (non-hydrogen) atoms. The van der Waals surface area contributed by atoms with Crippen molar-refractivity contribution in [3.8, 4) is 0 Å². The Kier molecular flexibility index (Phi) is 6.07. The first-order chi connectivity index (χ1) is 12.7. The summed E-state index contributed by atoms with van der Waals surface area (Å²) in [6, 6.07) is 12.0. The van der Waals surface area contributed by atoms with Crippen LogP contribution in [-0.2, 0) is 0 Å². The largest absolute Gasteiger partial charge is 0.369 e. The number of nitrogens with zero attached hydrogens (tertiary/aromatic N) is 3. The van der Waals surface area contributed by atoms with E-state index in [0.29, 0.717) is 12.1 Å². The lowest BCUT2D eigenvalue weighted by Gasteiger charge is -2.34. The highest BCUT2D eigenvalue weighted by Crippen LogP contribution is 2.21. The first-order valence-corrected chi connectivity index (χ1v) is 9.20. The normalized spacial score (nSPS) is 14.9. The number of nitrogens with one attached hydrogen (secondary N) is 2. The fourth-order valence-corrected chi connectivity index (χ4v) is 2.91. The molecule has 1 aliphatic rings. The molecule has 2 heterocycles. The molecule has 1 aromatic heterocycles. The topological polar surface area (TPSA) is 60.5 Å². The molecule has 0 unspecified atom stereocenters. The number of aromatic nitrogens is 1. The molecule has 0 spiro atoms. The van der Waals surface area contributed by atoms with Gasteiger partial charge in [0.1, 0.15) is 5.82 Å². The maximum absolute atomic E-state index is 11.9. The number of hydrogen-bond acceptors (Lipinski definition) is 5. The second-order valence-corrected chi connectivity index (χ2v) is 6.65. The van der Waals surface area contributed by atoms with Gasteiger partial charge in [-0.25, -0.2) is 4.98 Å². The van der Waals surface area contributed by atoms with Crippen molar-refractivity contribution in [1.29, 1.82) is 0 Å². The predicted octanol–water partition coefficient (Wildman–Crippen LogP) is 2.72. The van der Waals surface area contributed by atoms with Gasteiger partial charge in [0.15, 0.2) is 0 Å². The van der Waals surface area contributed by atoms with Gasteiger partial charge in [-0.15, -0.1) is 0 Å². The van der Waals surface area contributed by atoms with Crippen LogP contribution in [0.5, 0.6) is 0 Å². The second kappa shape index (κ2) is 8.67. The number of piperazine rings is 1. The van der Waals surface area contributed by atoms with Gasteiger partial charge < -0.3 is 20.4 Å². The first kappa shape index (κ1) is 18.2. The Balaban J connectivity index is 1.58. The van der Waals surface area contributed by atoms with E-state index in [0.717, 1.165) is 44.1 Å². The minimum absolute atomic E-state index is 0.0811. The van der Waals surface area contributed by atoms with Crippen LogP contribution in [0.1, 0.15) is 23.7 Å². The highest BCUT2D eigenvalue weighted by atomic mass is 16.1. The van der Waals surface area contributed by atoms with Crippen molar-refractivity contribution in [2.24, 2.45) is 0 Å². The van der Waals surface area contributed by atoms with Gasteiger partial charge in [0.05, 0.1) is 5.56 Å². The van der Waals surface area contributed by atoms with Crippen molar-refractivity contribution in [3.05, 3.63) is 48.2 Å². The number of amides is 1. The Labute approximate surface area is 155 Å². The Morgan fingerprint density at radius 1 is 1.08 bits per heavy atom. The molecule has 0 atom stereocenters. The number of pyridine rings is 1. The Morgan fingerprint density at radius 3 is 2.42 bits per heavy atom. The number of anilines is 3. The van der Waals surface area contributed by atoms with Crippen LogP contribution in [0.2, 0.25) is 0 Å². The summed E-state index contributed by atoms with van der Waals surface area (Å²) in [5, 5.41) is 6.13. The molecule has 2 N–H and O–H groups in total. The lowest BCUT2D eigenvalue weighted by molar-refractivity contribution is 0.0953. The number of carbonyl (C=O) groups excluding carboxylic acids is 1. The molecule has 6 heteroatoms. The summed E-state index contributed by atoms with van der Waals surface area (Å²) in [7, 11) is 2.16. The Morgan fingerprint density at radius 2 is 1.81 bits per heavy atom. The third-order valence-corrected chi connectivity index (χ3v) is 4.57. The van der Waals surface area contributed by atoms with Crippen molar-refractivity contribution in [1.82, 2.24) is 15.2 Å². The van der Waals surface area contributed by atoms with Gasteiger partial charge in [0, 0.05) is 50.3 Å². The van der Waals surface area contributed by atoms with Crippen molar-refractivity contribution in [2.45, 2.75) is 13.3 Å². The molecule has 2 aromatic rings. The van der Waals surface area contributed by atoms with Crippen LogP contribution in [0.25, 0.3) is 0 Å². The van der Waals surface area contributed by atoms with Crippen LogP contribution < -0.4 is 15.5 Å². The van der Waals surface area contributed by atoms with Crippen LogP contribution in [-0.4, -0.2) is 55.6 Å². The van der Waals surface area contributed by atoms with Gasteiger partial charge in [-0.3, -0.25) is 4.79 Å². The van der Waals surface area contributed by atoms with Gasteiger partial charge in [0.25, 0.3) is 5.91 Å². The lowest BCUT2D eigenvalue weighted by Crippen LogP contribution is -2.44. The van der Waals surface area contributed by atoms with E-state index in [1.54, 1.807) is 12.3 Å². The minimum Gasteiger partial charge on any atom is -0.369 e. The number of rotatable bonds is 6. The molecule has 1 fully saturated rings. The van der Waals surface area contributed by atoms with Crippen LogP contribution >= 0.6 is 0 Å². The fourth-order valence-electron chi connectivity index (χ4n) is 2.91. The van der Waals surface area contributed by atoms with E-state index in [1.807, 2.05) is 13.0 Å². The number of benzene rings is 1. The molecule has 1 aliphatic heterocycles. The van der Waals surface area contributed by atoms with Gasteiger partial charge >= 0.3 is 0 Å². The quantitative estimate of drug-likeness (QED) is 0.836. The third-order valence-electron chi connectivity index (χ3n) is 4.57. The van der Waals surface area contributed by atoms with Crippen molar-refractivity contribution < 1.29 is 4.79 Å². The Hall–Kier alpha value is -2.60. The van der Waals surface area contributed by atoms with Gasteiger partial charge in [-0.1, -0.05) is 6.92 Å². The summed E-state index contributed by atoms with van der Waals surface area (Å²) in [5.41, 5.74) is 2.81. The van der Waals surface area contributed by atoms with E-state index in [4.69, 9.17) is 0 Å². The average molecular weight is 353 g/mol. The highest BCUT2D eigenvalue weighted by molar-refractivity contribution is 5.94. The molecule has 1 amide bonds. The van der Waals surface area contributed by atoms with E-state index in [-0.39, 0.29) is 5.91 Å². The summed E-state index contributed by atoms with van der Waals surface area (Å²) < 4.78 is 0. The van der Waals surface area contributed by atoms with Gasteiger partial charge in [0.2, 0.25) is 0 Å². The van der Waals surface area contributed by atoms with Crippen molar-refractivity contribution in [2.75, 3.05) is 50.0 Å². The smallest absolute Gasteiger partial charge is 0.252 e. The van der Waals surface area contributed by atoms with Crippen LogP contribution in [0.15, 0.2) is 42.6 Å². The van der Waals surface area contributed by atoms with E-state index < -0.39 is 0 Å². The fraction of sp³-hybridized carbons (Fsp3) is 0.400. The first-order valence-electron chi connectivity index (χ1n) is 9.20. The molecule has 1 saturated heterocycles. The minimum atomic E-state index is -0.0811. The Bertz CT molecular complexity index is 706. The average Bonchev–Trinajstić information content (AvgIpc) is 2.68. The van der Waals surface area contributed by atoms with Gasteiger partial charge in [-0.05, 0) is 49.9 Å². The zero-order valence-corrected chi connectivity index (χ0v) is 15.5. The zero-order valence-electron chi connectivity index (χ0n) is 15.5. The monoisotopic (exact) mass is 353 g/mol. The van der Waals surface area contributed by atoms with Crippen LogP contribution in [0, 0.1) is 0 Å². The SMILES string of the molecule is CCCNC(=O)c1ccc(Nc2ccc(N3CCN(C)CC3)cc2)nc1. The van der Waals surface area contributed by atoms with Crippen LogP contribution in [0.4, 0.5) is 17.2 Å². The molecule has 3 rings (SSSR count). The maximum Gasteiger partial charge on any atom is 0.252 e. The standard InChI is InChI=1S/C20H27N5O/c1-3-10-21-20(26)16-4-9-19(22-15-16)23-17-5-7-18(8-6-17)25-13-11-24(2)12-14-25/h4-9,15H,3,10-14H2,1-2H3,(H,21,26)(H,22,23). The molecule has 0 aliphatic carbocycles. The number of carbonyl (C=O) groups is 1. The number of likely N-dealkylation sites (N-methyl/N-ethyl adjacent to an activating group) is 1. The van der Waals surface area contributed by atoms with Crippen LogP contribution in [0.3, 0.4) is 0 Å². The summed E-state index contributed by atoms with van der Waals surface area (Å²) in [5.74, 6) is 0.645.